The van der Waals surface area contributed by atoms with Crippen molar-refractivity contribution in [3.05, 3.63) is 117 Å². The maximum atomic E-state index is 12.8. The SMILES string of the molecule is O=C1Nc2cc(/C=C/CNC(=O)c3cccn(Cc4ccc(Cl)nc4)c3=O)ccc2C1=Cc1cnc[nH]1. The summed E-state index contributed by atoms with van der Waals surface area (Å²) in [6, 6.07) is 12.2. The molecule has 10 heteroatoms. The van der Waals surface area contributed by atoms with E-state index >= 15 is 0 Å². The second kappa shape index (κ2) is 10.5. The smallest absolute Gasteiger partial charge is 0.263 e. The van der Waals surface area contributed by atoms with Crippen molar-refractivity contribution >= 4 is 46.8 Å². The Bertz CT molecular complexity index is 1590. The fraction of sp³-hybridized carbons (Fsp3) is 0.0741. The van der Waals surface area contributed by atoms with E-state index in [1.54, 1.807) is 55.3 Å². The first-order valence-corrected chi connectivity index (χ1v) is 11.8. The number of hydrogen-bond acceptors (Lipinski definition) is 5. The highest BCUT2D eigenvalue weighted by Gasteiger charge is 2.24. The zero-order valence-electron chi connectivity index (χ0n) is 19.4. The average molecular weight is 513 g/mol. The number of pyridine rings is 2. The molecule has 2 amide bonds. The van der Waals surface area contributed by atoms with Gasteiger partial charge < -0.3 is 20.2 Å². The number of aromatic nitrogens is 4. The van der Waals surface area contributed by atoms with E-state index in [1.807, 2.05) is 24.3 Å². The van der Waals surface area contributed by atoms with Crippen molar-refractivity contribution in [1.29, 1.82) is 0 Å². The third kappa shape index (κ3) is 5.41. The highest BCUT2D eigenvalue weighted by Crippen LogP contribution is 2.33. The van der Waals surface area contributed by atoms with Crippen molar-refractivity contribution in [2.24, 2.45) is 0 Å². The zero-order chi connectivity index (χ0) is 25.8. The topological polar surface area (TPSA) is 122 Å². The van der Waals surface area contributed by atoms with Gasteiger partial charge in [0.25, 0.3) is 17.4 Å². The van der Waals surface area contributed by atoms with Crippen LogP contribution >= 0.6 is 11.6 Å². The monoisotopic (exact) mass is 512 g/mol. The lowest BCUT2D eigenvalue weighted by atomic mass is 10.0. The summed E-state index contributed by atoms with van der Waals surface area (Å²) >= 11 is 5.81. The van der Waals surface area contributed by atoms with Crippen LogP contribution in [0.1, 0.15) is 32.7 Å². The van der Waals surface area contributed by atoms with Gasteiger partial charge in [-0.25, -0.2) is 9.97 Å². The van der Waals surface area contributed by atoms with Crippen LogP contribution in [-0.2, 0) is 11.3 Å². The Morgan fingerprint density at radius 1 is 1.14 bits per heavy atom. The van der Waals surface area contributed by atoms with Crippen molar-refractivity contribution in [3.8, 4) is 0 Å². The number of rotatable bonds is 7. The van der Waals surface area contributed by atoms with Crippen molar-refractivity contribution in [2.45, 2.75) is 6.54 Å². The molecular formula is C27H21ClN6O3. The third-order valence-electron chi connectivity index (χ3n) is 5.74. The van der Waals surface area contributed by atoms with E-state index in [0.717, 1.165) is 22.4 Å². The van der Waals surface area contributed by atoms with Gasteiger partial charge in [-0.15, -0.1) is 0 Å². The predicted molar refractivity (Wildman–Crippen MR) is 142 cm³/mol. The van der Waals surface area contributed by atoms with E-state index in [-0.39, 0.29) is 24.6 Å². The molecule has 1 aliphatic rings. The van der Waals surface area contributed by atoms with Gasteiger partial charge in [-0.1, -0.05) is 42.0 Å². The molecule has 0 bridgehead atoms. The molecule has 0 saturated carbocycles. The van der Waals surface area contributed by atoms with Gasteiger partial charge in [0.1, 0.15) is 10.7 Å². The van der Waals surface area contributed by atoms with Crippen LogP contribution in [0.4, 0.5) is 5.69 Å². The molecule has 0 fully saturated rings. The number of imidazole rings is 1. The standard InChI is InChI=1S/C27H21ClN6O3/c28-24-8-6-18(13-31-24)15-34-10-2-4-21(27(34)37)25(35)30-9-1-3-17-5-7-20-22(12-19-14-29-16-32-19)26(36)33-23(20)11-17/h1-8,10-14,16H,9,15H2,(H,29,32)(H,30,35)(H,33,36)/b3-1+,22-12?. The van der Waals surface area contributed by atoms with Gasteiger partial charge in [0.05, 0.1) is 30.3 Å². The normalized spacial score (nSPS) is 13.6. The van der Waals surface area contributed by atoms with E-state index in [4.69, 9.17) is 11.6 Å². The first-order chi connectivity index (χ1) is 18.0. The van der Waals surface area contributed by atoms with Crippen molar-refractivity contribution in [1.82, 2.24) is 24.8 Å². The summed E-state index contributed by atoms with van der Waals surface area (Å²) in [7, 11) is 0. The Morgan fingerprint density at radius 3 is 2.81 bits per heavy atom. The van der Waals surface area contributed by atoms with E-state index in [2.05, 4.69) is 25.6 Å². The number of aromatic amines is 1. The maximum absolute atomic E-state index is 12.8. The number of carbonyl (C=O) groups is 2. The third-order valence-corrected chi connectivity index (χ3v) is 5.97. The number of amides is 2. The van der Waals surface area contributed by atoms with Gasteiger partial charge in [0, 0.05) is 30.2 Å². The summed E-state index contributed by atoms with van der Waals surface area (Å²) < 4.78 is 1.45. The quantitative estimate of drug-likeness (QED) is 0.258. The molecular weight excluding hydrogens is 492 g/mol. The zero-order valence-corrected chi connectivity index (χ0v) is 20.2. The summed E-state index contributed by atoms with van der Waals surface area (Å²) in [5, 5.41) is 5.98. The number of fused-ring (bicyclic) bond motifs is 1. The fourth-order valence-corrected chi connectivity index (χ4v) is 4.04. The number of anilines is 1. The molecule has 0 spiro atoms. The minimum Gasteiger partial charge on any atom is -0.348 e. The minimum absolute atomic E-state index is 0.0506. The summed E-state index contributed by atoms with van der Waals surface area (Å²) in [6.07, 6.45) is 11.8. The molecule has 3 aromatic heterocycles. The molecule has 9 nitrogen and oxygen atoms in total. The number of H-pyrrole nitrogens is 1. The largest absolute Gasteiger partial charge is 0.348 e. The Balaban J connectivity index is 1.22. The molecule has 5 rings (SSSR count). The average Bonchev–Trinajstić information content (AvgIpc) is 3.52. The Morgan fingerprint density at radius 2 is 2.03 bits per heavy atom. The predicted octanol–water partition coefficient (Wildman–Crippen LogP) is 3.60. The highest BCUT2D eigenvalue weighted by molar-refractivity contribution is 6.34. The molecule has 0 unspecified atom stereocenters. The molecule has 184 valence electrons. The first-order valence-electron chi connectivity index (χ1n) is 11.4. The number of nitrogens with one attached hydrogen (secondary N) is 3. The first kappa shape index (κ1) is 24.0. The number of nitrogens with zero attached hydrogens (tertiary/aromatic N) is 3. The van der Waals surface area contributed by atoms with Crippen LogP contribution in [0.2, 0.25) is 5.15 Å². The minimum atomic E-state index is -0.465. The highest BCUT2D eigenvalue weighted by atomic mass is 35.5. The van der Waals surface area contributed by atoms with Crippen LogP contribution < -0.4 is 16.2 Å². The van der Waals surface area contributed by atoms with Gasteiger partial charge in [-0.05, 0) is 41.5 Å². The molecule has 3 N–H and O–H groups in total. The lowest BCUT2D eigenvalue weighted by Crippen LogP contribution is -2.33. The lowest BCUT2D eigenvalue weighted by Gasteiger charge is -2.08. The molecule has 0 atom stereocenters. The number of halogens is 1. The van der Waals surface area contributed by atoms with Gasteiger partial charge in [-0.2, -0.15) is 0 Å². The Labute approximate surface area is 216 Å². The van der Waals surface area contributed by atoms with Gasteiger partial charge in [0.15, 0.2) is 0 Å². The van der Waals surface area contributed by atoms with Crippen LogP contribution in [0.25, 0.3) is 17.7 Å². The Hall–Kier alpha value is -4.76. The second-order valence-electron chi connectivity index (χ2n) is 8.28. The molecule has 1 aliphatic heterocycles. The van der Waals surface area contributed by atoms with Crippen molar-refractivity contribution < 1.29 is 9.59 Å². The van der Waals surface area contributed by atoms with Gasteiger partial charge in [-0.3, -0.25) is 14.4 Å². The number of benzene rings is 1. The fourth-order valence-electron chi connectivity index (χ4n) is 3.93. The molecule has 4 heterocycles. The number of carbonyl (C=O) groups excluding carboxylic acids is 2. The summed E-state index contributed by atoms with van der Waals surface area (Å²) in [4.78, 5) is 48.8. The molecule has 0 saturated heterocycles. The van der Waals surface area contributed by atoms with Crippen LogP contribution in [0.3, 0.4) is 0 Å². The van der Waals surface area contributed by atoms with Crippen LogP contribution in [0.15, 0.2) is 78.3 Å². The molecule has 1 aromatic carbocycles. The summed E-state index contributed by atoms with van der Waals surface area (Å²) in [5.74, 6) is -0.646. The van der Waals surface area contributed by atoms with Crippen molar-refractivity contribution in [2.75, 3.05) is 11.9 Å². The van der Waals surface area contributed by atoms with E-state index in [9.17, 15) is 14.4 Å². The Kier molecular flexibility index (Phi) is 6.78. The van der Waals surface area contributed by atoms with E-state index in [0.29, 0.717) is 16.4 Å². The number of hydrogen-bond donors (Lipinski definition) is 3. The summed E-state index contributed by atoms with van der Waals surface area (Å²) in [5.41, 5.74) is 4.12. The van der Waals surface area contributed by atoms with Crippen LogP contribution in [0, 0.1) is 0 Å². The van der Waals surface area contributed by atoms with Crippen molar-refractivity contribution in [3.63, 3.8) is 0 Å². The van der Waals surface area contributed by atoms with Gasteiger partial charge >= 0.3 is 0 Å². The second-order valence-corrected chi connectivity index (χ2v) is 8.67. The molecule has 37 heavy (non-hydrogen) atoms. The lowest BCUT2D eigenvalue weighted by molar-refractivity contribution is -0.110. The van der Waals surface area contributed by atoms with E-state index < -0.39 is 11.5 Å². The van der Waals surface area contributed by atoms with Crippen LogP contribution in [0.5, 0.6) is 0 Å². The van der Waals surface area contributed by atoms with Crippen LogP contribution in [-0.4, -0.2) is 37.9 Å². The van der Waals surface area contributed by atoms with E-state index in [1.165, 1.54) is 10.6 Å². The van der Waals surface area contributed by atoms with Gasteiger partial charge in [0.2, 0.25) is 0 Å². The maximum Gasteiger partial charge on any atom is 0.263 e. The molecule has 0 radical (unpaired) electrons. The molecule has 0 aliphatic carbocycles. The molecule has 4 aromatic rings. The summed E-state index contributed by atoms with van der Waals surface area (Å²) in [6.45, 7) is 0.500.